The second-order valence-electron chi connectivity index (χ2n) is 4.83. The molecule has 0 radical (unpaired) electrons. The minimum Gasteiger partial charge on any atom is -0.476 e. The summed E-state index contributed by atoms with van der Waals surface area (Å²) in [7, 11) is 0. The van der Waals surface area contributed by atoms with Crippen LogP contribution >= 0.6 is 0 Å². The van der Waals surface area contributed by atoms with Gasteiger partial charge in [0.05, 0.1) is 6.61 Å². The molecule has 0 aromatic carbocycles. The molecule has 0 saturated carbocycles. The lowest BCUT2D eigenvalue weighted by atomic mass is 9.96. The summed E-state index contributed by atoms with van der Waals surface area (Å²) in [5.41, 5.74) is 6.29. The van der Waals surface area contributed by atoms with Crippen molar-refractivity contribution in [2.45, 2.75) is 40.0 Å². The summed E-state index contributed by atoms with van der Waals surface area (Å²) in [4.78, 5) is 8.83. The molecule has 5 nitrogen and oxygen atoms in total. The van der Waals surface area contributed by atoms with Crippen LogP contribution in [0.15, 0.2) is 0 Å². The van der Waals surface area contributed by atoms with Crippen molar-refractivity contribution >= 4 is 11.5 Å². The van der Waals surface area contributed by atoms with Gasteiger partial charge in [0.25, 0.3) is 0 Å². The van der Waals surface area contributed by atoms with Crippen LogP contribution in [0.4, 0.5) is 11.5 Å². The van der Waals surface area contributed by atoms with Crippen LogP contribution in [0.3, 0.4) is 0 Å². The molecule has 96 valence electrons. The second kappa shape index (κ2) is 5.21. The topological polar surface area (TPSA) is 73.1 Å². The Morgan fingerprint density at radius 1 is 1.24 bits per heavy atom. The molecule has 3 N–H and O–H groups in total. The molecule has 1 heterocycles. The monoisotopic (exact) mass is 238 g/mol. The van der Waals surface area contributed by atoms with E-state index in [1.165, 1.54) is 0 Å². The molecule has 1 rings (SSSR count). The zero-order valence-corrected chi connectivity index (χ0v) is 11.3. The fraction of sp³-hybridized carbons (Fsp3) is 0.667. The predicted molar refractivity (Wildman–Crippen MR) is 70.5 cm³/mol. The number of nitrogen functional groups attached to an aromatic ring is 1. The summed E-state index contributed by atoms with van der Waals surface area (Å²) < 4.78 is 5.44. The van der Waals surface area contributed by atoms with Gasteiger partial charge in [-0.2, -0.15) is 4.98 Å². The number of hydrogen-bond donors (Lipinski definition) is 2. The van der Waals surface area contributed by atoms with Crippen molar-refractivity contribution in [2.24, 2.45) is 0 Å². The minimum atomic E-state index is -0.135. The summed E-state index contributed by atoms with van der Waals surface area (Å²) in [6.45, 7) is 11.4. The highest BCUT2D eigenvalue weighted by atomic mass is 16.5. The summed E-state index contributed by atoms with van der Waals surface area (Å²) in [6, 6.07) is 0. The first-order valence-corrected chi connectivity index (χ1v) is 5.94. The van der Waals surface area contributed by atoms with Crippen molar-refractivity contribution in [1.82, 2.24) is 9.97 Å². The minimum absolute atomic E-state index is 0.135. The molecular formula is C12H22N4O. The molecule has 1 aromatic rings. The standard InChI is InChI=1S/C12H22N4O/c1-6-14-9-8(13)10(17-7-2)16-11(15-9)12(3,4)5/h6-7,13H2,1-5H3,(H,14,15,16). The van der Waals surface area contributed by atoms with Gasteiger partial charge in [-0.25, -0.2) is 4.98 Å². The zero-order valence-electron chi connectivity index (χ0n) is 11.3. The van der Waals surface area contributed by atoms with Crippen LogP contribution in [0, 0.1) is 0 Å². The molecular weight excluding hydrogens is 216 g/mol. The molecule has 0 saturated heterocycles. The maximum absolute atomic E-state index is 5.96. The molecule has 0 aliphatic rings. The molecule has 5 heteroatoms. The van der Waals surface area contributed by atoms with E-state index < -0.39 is 0 Å². The first kappa shape index (κ1) is 13.5. The van der Waals surface area contributed by atoms with Crippen LogP contribution in [-0.4, -0.2) is 23.1 Å². The first-order valence-electron chi connectivity index (χ1n) is 5.94. The number of nitrogens with two attached hydrogens (primary N) is 1. The highest BCUT2D eigenvalue weighted by molar-refractivity contribution is 5.67. The highest BCUT2D eigenvalue weighted by Crippen LogP contribution is 2.30. The van der Waals surface area contributed by atoms with Crippen LogP contribution in [0.2, 0.25) is 0 Å². The summed E-state index contributed by atoms with van der Waals surface area (Å²) in [6.07, 6.45) is 0. The number of aromatic nitrogens is 2. The van der Waals surface area contributed by atoms with E-state index >= 15 is 0 Å². The third-order valence-electron chi connectivity index (χ3n) is 2.21. The van der Waals surface area contributed by atoms with Crippen molar-refractivity contribution in [3.05, 3.63) is 5.82 Å². The van der Waals surface area contributed by atoms with Gasteiger partial charge in [-0.05, 0) is 13.8 Å². The van der Waals surface area contributed by atoms with Gasteiger partial charge >= 0.3 is 0 Å². The molecule has 0 unspecified atom stereocenters. The molecule has 0 aliphatic carbocycles. The Bertz CT molecular complexity index is 358. The quantitative estimate of drug-likeness (QED) is 0.841. The molecule has 0 atom stereocenters. The number of anilines is 2. The van der Waals surface area contributed by atoms with E-state index in [9.17, 15) is 0 Å². The molecule has 17 heavy (non-hydrogen) atoms. The second-order valence-corrected chi connectivity index (χ2v) is 4.83. The van der Waals surface area contributed by atoms with Crippen molar-refractivity contribution < 1.29 is 4.74 Å². The Morgan fingerprint density at radius 2 is 1.88 bits per heavy atom. The molecule has 0 spiro atoms. The molecule has 0 fully saturated rings. The Labute approximate surface area is 103 Å². The Balaban J connectivity index is 3.26. The van der Waals surface area contributed by atoms with Gasteiger partial charge in [0.1, 0.15) is 11.5 Å². The summed E-state index contributed by atoms with van der Waals surface area (Å²) >= 11 is 0. The first-order chi connectivity index (χ1) is 7.90. The summed E-state index contributed by atoms with van der Waals surface area (Å²) in [5, 5.41) is 3.13. The lowest BCUT2D eigenvalue weighted by Gasteiger charge is -2.20. The molecule has 0 aliphatic heterocycles. The van der Waals surface area contributed by atoms with Gasteiger partial charge in [-0.1, -0.05) is 20.8 Å². The maximum atomic E-state index is 5.96. The van der Waals surface area contributed by atoms with Crippen LogP contribution in [-0.2, 0) is 5.41 Å². The zero-order chi connectivity index (χ0) is 13.1. The van der Waals surface area contributed by atoms with Crippen LogP contribution in [0.1, 0.15) is 40.4 Å². The normalized spacial score (nSPS) is 11.4. The Morgan fingerprint density at radius 3 is 2.35 bits per heavy atom. The van der Waals surface area contributed by atoms with Gasteiger partial charge < -0.3 is 15.8 Å². The van der Waals surface area contributed by atoms with Crippen LogP contribution in [0.25, 0.3) is 0 Å². The lowest BCUT2D eigenvalue weighted by Crippen LogP contribution is -2.19. The van der Waals surface area contributed by atoms with E-state index in [2.05, 4.69) is 36.1 Å². The SMILES string of the molecule is CCNc1nc(C(C)(C)C)nc(OCC)c1N. The average Bonchev–Trinajstić information content (AvgIpc) is 2.22. The van der Waals surface area contributed by atoms with Crippen molar-refractivity contribution in [3.8, 4) is 5.88 Å². The van der Waals surface area contributed by atoms with Gasteiger partial charge in [0.15, 0.2) is 5.82 Å². The van der Waals surface area contributed by atoms with E-state index in [4.69, 9.17) is 10.5 Å². The number of hydrogen-bond acceptors (Lipinski definition) is 5. The van der Waals surface area contributed by atoms with E-state index in [0.717, 1.165) is 12.4 Å². The van der Waals surface area contributed by atoms with Gasteiger partial charge in [0.2, 0.25) is 5.88 Å². The maximum Gasteiger partial charge on any atom is 0.242 e. The summed E-state index contributed by atoms with van der Waals surface area (Å²) in [5.74, 6) is 1.84. The third-order valence-corrected chi connectivity index (χ3v) is 2.21. The molecule has 1 aromatic heterocycles. The predicted octanol–water partition coefficient (Wildman–Crippen LogP) is 2.19. The van der Waals surface area contributed by atoms with Gasteiger partial charge in [0, 0.05) is 12.0 Å². The Kier molecular flexibility index (Phi) is 4.15. The third kappa shape index (κ3) is 3.22. The van der Waals surface area contributed by atoms with E-state index in [-0.39, 0.29) is 5.41 Å². The largest absolute Gasteiger partial charge is 0.476 e. The van der Waals surface area contributed by atoms with Gasteiger partial charge in [-0.15, -0.1) is 0 Å². The number of nitrogens with zero attached hydrogens (tertiary/aromatic N) is 2. The van der Waals surface area contributed by atoms with Gasteiger partial charge in [-0.3, -0.25) is 0 Å². The van der Waals surface area contributed by atoms with Crippen LogP contribution < -0.4 is 15.8 Å². The lowest BCUT2D eigenvalue weighted by molar-refractivity contribution is 0.324. The fourth-order valence-corrected chi connectivity index (χ4v) is 1.33. The average molecular weight is 238 g/mol. The van der Waals surface area contributed by atoms with Crippen molar-refractivity contribution in [1.29, 1.82) is 0 Å². The van der Waals surface area contributed by atoms with E-state index in [1.54, 1.807) is 0 Å². The van der Waals surface area contributed by atoms with E-state index in [1.807, 2.05) is 13.8 Å². The fourth-order valence-electron chi connectivity index (χ4n) is 1.33. The van der Waals surface area contributed by atoms with Crippen LogP contribution in [0.5, 0.6) is 5.88 Å². The Hall–Kier alpha value is -1.52. The number of ether oxygens (including phenoxy) is 1. The number of nitrogens with one attached hydrogen (secondary N) is 1. The van der Waals surface area contributed by atoms with Crippen molar-refractivity contribution in [2.75, 3.05) is 24.2 Å². The molecule has 0 bridgehead atoms. The smallest absolute Gasteiger partial charge is 0.242 e. The number of rotatable bonds is 4. The van der Waals surface area contributed by atoms with Crippen molar-refractivity contribution in [3.63, 3.8) is 0 Å². The van der Waals surface area contributed by atoms with E-state index in [0.29, 0.717) is 24.0 Å². The molecule has 0 amide bonds. The highest BCUT2D eigenvalue weighted by Gasteiger charge is 2.21.